The predicted octanol–water partition coefficient (Wildman–Crippen LogP) is 2.62. The summed E-state index contributed by atoms with van der Waals surface area (Å²) in [5.74, 6) is 0.600. The molecule has 0 bridgehead atoms. The van der Waals surface area contributed by atoms with E-state index in [4.69, 9.17) is 0 Å². The van der Waals surface area contributed by atoms with Crippen LogP contribution >= 0.6 is 0 Å². The summed E-state index contributed by atoms with van der Waals surface area (Å²) in [6.07, 6.45) is 4.50. The normalized spacial score (nSPS) is 17.0. The molecular formula is C17H28N2O4S2. The van der Waals surface area contributed by atoms with E-state index in [1.165, 1.54) is 24.3 Å². The maximum atomic E-state index is 12.4. The summed E-state index contributed by atoms with van der Waals surface area (Å²) >= 11 is 0. The lowest BCUT2D eigenvalue weighted by Gasteiger charge is -2.15. The van der Waals surface area contributed by atoms with Gasteiger partial charge in [0.05, 0.1) is 9.79 Å². The molecule has 1 saturated carbocycles. The zero-order valence-electron chi connectivity index (χ0n) is 15.0. The van der Waals surface area contributed by atoms with Crippen LogP contribution in [0.5, 0.6) is 0 Å². The number of sulfonamides is 2. The standard InChI is InChI=1S/C17H28N2O4S2/c1-13(2)5-4-6-14(3)18-24(20,21)16-9-11-17(12-10-16)25(22,23)19-15-7-8-15/h9-15,18-19H,4-8H2,1-3H3. The van der Waals surface area contributed by atoms with Crippen LogP contribution in [0.2, 0.25) is 0 Å². The third-order valence-electron chi connectivity index (χ3n) is 4.12. The van der Waals surface area contributed by atoms with Gasteiger partial charge in [-0.3, -0.25) is 0 Å². The molecule has 0 amide bonds. The second-order valence-corrected chi connectivity index (χ2v) is 10.6. The first-order valence-corrected chi connectivity index (χ1v) is 11.7. The first-order chi connectivity index (χ1) is 11.6. The molecule has 1 atom stereocenters. The van der Waals surface area contributed by atoms with E-state index in [9.17, 15) is 16.8 Å². The average molecular weight is 389 g/mol. The van der Waals surface area contributed by atoms with Crippen molar-refractivity contribution in [3.8, 4) is 0 Å². The van der Waals surface area contributed by atoms with Crippen LogP contribution in [0, 0.1) is 5.92 Å². The van der Waals surface area contributed by atoms with E-state index in [1.54, 1.807) is 0 Å². The summed E-state index contributed by atoms with van der Waals surface area (Å²) in [4.78, 5) is 0.164. The van der Waals surface area contributed by atoms with E-state index >= 15 is 0 Å². The fourth-order valence-corrected chi connectivity index (χ4v) is 5.09. The summed E-state index contributed by atoms with van der Waals surface area (Å²) in [5.41, 5.74) is 0. The van der Waals surface area contributed by atoms with E-state index in [1.807, 2.05) is 6.92 Å². The Kier molecular flexibility index (Phi) is 6.64. The predicted molar refractivity (Wildman–Crippen MR) is 98.3 cm³/mol. The molecule has 1 aliphatic carbocycles. The maximum absolute atomic E-state index is 12.4. The van der Waals surface area contributed by atoms with Crippen molar-refractivity contribution in [2.75, 3.05) is 0 Å². The first-order valence-electron chi connectivity index (χ1n) is 8.75. The Morgan fingerprint density at radius 1 is 0.920 bits per heavy atom. The number of hydrogen-bond acceptors (Lipinski definition) is 4. The summed E-state index contributed by atoms with van der Waals surface area (Å²) in [6.45, 7) is 6.13. The third-order valence-corrected chi connectivity index (χ3v) is 7.26. The Balaban J connectivity index is 1.99. The van der Waals surface area contributed by atoms with Gasteiger partial charge >= 0.3 is 0 Å². The van der Waals surface area contributed by atoms with Gasteiger partial charge in [-0.05, 0) is 56.4 Å². The Morgan fingerprint density at radius 2 is 1.44 bits per heavy atom. The van der Waals surface area contributed by atoms with Crippen molar-refractivity contribution in [1.82, 2.24) is 9.44 Å². The van der Waals surface area contributed by atoms with Gasteiger partial charge in [0.1, 0.15) is 0 Å². The van der Waals surface area contributed by atoms with Crippen molar-refractivity contribution < 1.29 is 16.8 Å². The fourth-order valence-electron chi connectivity index (χ4n) is 2.51. The second kappa shape index (κ2) is 8.16. The number of hydrogen-bond donors (Lipinski definition) is 2. The number of rotatable bonds is 10. The van der Waals surface area contributed by atoms with E-state index < -0.39 is 20.0 Å². The highest BCUT2D eigenvalue weighted by Crippen LogP contribution is 2.23. The summed E-state index contributed by atoms with van der Waals surface area (Å²) in [6, 6.07) is 5.20. The molecule has 0 saturated heterocycles. The van der Waals surface area contributed by atoms with Crippen molar-refractivity contribution in [2.45, 2.75) is 74.7 Å². The van der Waals surface area contributed by atoms with Gasteiger partial charge in [-0.15, -0.1) is 0 Å². The highest BCUT2D eigenvalue weighted by molar-refractivity contribution is 7.90. The highest BCUT2D eigenvalue weighted by Gasteiger charge is 2.28. The Morgan fingerprint density at radius 3 is 1.92 bits per heavy atom. The van der Waals surface area contributed by atoms with Crippen LogP contribution in [-0.2, 0) is 20.0 Å². The van der Waals surface area contributed by atoms with Crippen molar-refractivity contribution in [3.05, 3.63) is 24.3 Å². The molecule has 2 rings (SSSR count). The molecule has 0 radical (unpaired) electrons. The Bertz CT molecular complexity index is 767. The number of nitrogens with one attached hydrogen (secondary N) is 2. The molecule has 2 N–H and O–H groups in total. The van der Waals surface area contributed by atoms with Crippen LogP contribution in [-0.4, -0.2) is 28.9 Å². The van der Waals surface area contributed by atoms with E-state index in [0.717, 1.165) is 32.1 Å². The minimum absolute atomic E-state index is 0.0155. The zero-order valence-corrected chi connectivity index (χ0v) is 16.7. The lowest BCUT2D eigenvalue weighted by atomic mass is 10.0. The minimum atomic E-state index is -3.65. The molecule has 25 heavy (non-hydrogen) atoms. The van der Waals surface area contributed by atoms with E-state index in [-0.39, 0.29) is 21.9 Å². The molecule has 1 unspecified atom stereocenters. The van der Waals surface area contributed by atoms with Gasteiger partial charge in [0, 0.05) is 12.1 Å². The molecule has 142 valence electrons. The van der Waals surface area contributed by atoms with Crippen LogP contribution in [0.1, 0.15) is 52.9 Å². The SMILES string of the molecule is CC(C)CCCC(C)NS(=O)(=O)c1ccc(S(=O)(=O)NC2CC2)cc1. The van der Waals surface area contributed by atoms with Crippen LogP contribution in [0.15, 0.2) is 34.1 Å². The molecule has 0 spiro atoms. The Hall–Kier alpha value is -0.960. The van der Waals surface area contributed by atoms with Gasteiger partial charge in [0.25, 0.3) is 0 Å². The molecule has 0 aromatic heterocycles. The minimum Gasteiger partial charge on any atom is -0.208 e. The lowest BCUT2D eigenvalue weighted by Crippen LogP contribution is -2.32. The van der Waals surface area contributed by atoms with Crippen molar-refractivity contribution in [3.63, 3.8) is 0 Å². The quantitative estimate of drug-likeness (QED) is 0.644. The van der Waals surface area contributed by atoms with Gasteiger partial charge in [-0.1, -0.05) is 26.7 Å². The lowest BCUT2D eigenvalue weighted by molar-refractivity contribution is 0.488. The van der Waals surface area contributed by atoms with Gasteiger partial charge in [-0.2, -0.15) is 0 Å². The summed E-state index contributed by atoms with van der Waals surface area (Å²) in [5, 5.41) is 0. The molecule has 1 fully saturated rings. The molecular weight excluding hydrogens is 360 g/mol. The molecule has 6 nitrogen and oxygen atoms in total. The smallest absolute Gasteiger partial charge is 0.208 e. The Labute approximate surface area is 151 Å². The van der Waals surface area contributed by atoms with Crippen LogP contribution in [0.3, 0.4) is 0 Å². The van der Waals surface area contributed by atoms with Gasteiger partial charge in [-0.25, -0.2) is 26.3 Å². The van der Waals surface area contributed by atoms with Gasteiger partial charge in [0.2, 0.25) is 20.0 Å². The van der Waals surface area contributed by atoms with Crippen molar-refractivity contribution >= 4 is 20.0 Å². The van der Waals surface area contributed by atoms with E-state index in [2.05, 4.69) is 23.3 Å². The third kappa shape index (κ3) is 6.36. The molecule has 1 aromatic rings. The molecule has 1 aromatic carbocycles. The average Bonchev–Trinajstić information content (AvgIpc) is 3.29. The molecule has 0 heterocycles. The summed E-state index contributed by atoms with van der Waals surface area (Å²) in [7, 11) is -7.22. The van der Waals surface area contributed by atoms with Crippen molar-refractivity contribution in [1.29, 1.82) is 0 Å². The zero-order chi connectivity index (χ0) is 18.7. The maximum Gasteiger partial charge on any atom is 0.240 e. The molecule has 1 aliphatic rings. The van der Waals surface area contributed by atoms with E-state index in [0.29, 0.717) is 5.92 Å². The molecule has 8 heteroatoms. The van der Waals surface area contributed by atoms with Gasteiger partial charge in [0.15, 0.2) is 0 Å². The highest BCUT2D eigenvalue weighted by atomic mass is 32.2. The van der Waals surface area contributed by atoms with Crippen LogP contribution in [0.25, 0.3) is 0 Å². The monoisotopic (exact) mass is 388 g/mol. The number of benzene rings is 1. The van der Waals surface area contributed by atoms with Crippen molar-refractivity contribution in [2.24, 2.45) is 5.92 Å². The summed E-state index contributed by atoms with van der Waals surface area (Å²) < 4.78 is 54.3. The fraction of sp³-hybridized carbons (Fsp3) is 0.647. The van der Waals surface area contributed by atoms with Crippen LogP contribution < -0.4 is 9.44 Å². The topological polar surface area (TPSA) is 92.3 Å². The largest absolute Gasteiger partial charge is 0.240 e. The van der Waals surface area contributed by atoms with Crippen LogP contribution in [0.4, 0.5) is 0 Å². The first kappa shape index (κ1) is 20.4. The van der Waals surface area contributed by atoms with Gasteiger partial charge < -0.3 is 0 Å². The second-order valence-electron chi connectivity index (χ2n) is 7.21. The molecule has 0 aliphatic heterocycles.